The van der Waals surface area contributed by atoms with E-state index in [0.29, 0.717) is 25.4 Å². The van der Waals surface area contributed by atoms with Crippen molar-refractivity contribution in [2.75, 3.05) is 19.6 Å². The Morgan fingerprint density at radius 1 is 1.36 bits per heavy atom. The topological polar surface area (TPSA) is 86.7 Å². The molecule has 2 N–H and O–H groups in total. The second-order valence-corrected chi connectivity index (χ2v) is 7.49. The Kier molecular flexibility index (Phi) is 5.55. The third-order valence-corrected chi connectivity index (χ3v) is 5.57. The predicted molar refractivity (Wildman–Crippen MR) is 84.0 cm³/mol. The zero-order valence-corrected chi connectivity index (χ0v) is 13.5. The van der Waals surface area contributed by atoms with Crippen molar-refractivity contribution in [3.8, 4) is 0 Å². The fourth-order valence-corrected chi connectivity index (χ4v) is 3.73. The molecule has 0 atom stereocenters. The number of aromatic carboxylic acids is 1. The smallest absolute Gasteiger partial charge is 0.335 e. The second-order valence-electron chi connectivity index (χ2n) is 5.74. The van der Waals surface area contributed by atoms with E-state index in [1.54, 1.807) is 18.2 Å². The van der Waals surface area contributed by atoms with Crippen molar-refractivity contribution in [2.24, 2.45) is 5.92 Å². The van der Waals surface area contributed by atoms with Gasteiger partial charge >= 0.3 is 5.97 Å². The van der Waals surface area contributed by atoms with Gasteiger partial charge in [0.15, 0.2) is 0 Å². The number of nitrogens with one attached hydrogen (secondary N) is 1. The van der Waals surface area contributed by atoms with Gasteiger partial charge in [-0.05, 0) is 42.9 Å². The summed E-state index contributed by atoms with van der Waals surface area (Å²) in [5.74, 6) is -0.407. The standard InChI is InChI=1S/C15H22N2O4S/c1-12-6-9-17(10-7-12)22(20,21)16-8-5-13-3-2-4-14(11-13)15(18)19/h2-4,11-12,16H,5-10H2,1H3,(H,18,19). The van der Waals surface area contributed by atoms with Crippen molar-refractivity contribution in [1.82, 2.24) is 9.03 Å². The first kappa shape index (κ1) is 16.9. The van der Waals surface area contributed by atoms with Crippen molar-refractivity contribution < 1.29 is 18.3 Å². The lowest BCUT2D eigenvalue weighted by molar-refractivity contribution is 0.0696. The highest BCUT2D eigenvalue weighted by Gasteiger charge is 2.25. The lowest BCUT2D eigenvalue weighted by atomic mass is 10.0. The molecule has 0 radical (unpaired) electrons. The average Bonchev–Trinajstić information content (AvgIpc) is 2.48. The van der Waals surface area contributed by atoms with Crippen LogP contribution in [0.15, 0.2) is 24.3 Å². The summed E-state index contributed by atoms with van der Waals surface area (Å²) in [6, 6.07) is 6.55. The van der Waals surface area contributed by atoms with Crippen LogP contribution in [-0.2, 0) is 16.6 Å². The average molecular weight is 326 g/mol. The van der Waals surface area contributed by atoms with E-state index in [4.69, 9.17) is 5.11 Å². The summed E-state index contributed by atoms with van der Waals surface area (Å²) < 4.78 is 28.4. The lowest BCUT2D eigenvalue weighted by Gasteiger charge is -2.29. The molecule has 1 heterocycles. The van der Waals surface area contributed by atoms with E-state index in [1.165, 1.54) is 10.4 Å². The summed E-state index contributed by atoms with van der Waals surface area (Å²) >= 11 is 0. The van der Waals surface area contributed by atoms with Crippen LogP contribution in [-0.4, -0.2) is 43.4 Å². The molecule has 1 aliphatic heterocycles. The van der Waals surface area contributed by atoms with Crippen LogP contribution in [0.5, 0.6) is 0 Å². The van der Waals surface area contributed by atoms with Gasteiger partial charge < -0.3 is 5.11 Å². The number of hydrogen-bond acceptors (Lipinski definition) is 3. The summed E-state index contributed by atoms with van der Waals surface area (Å²) in [6.07, 6.45) is 2.24. The molecular weight excluding hydrogens is 304 g/mol. The normalized spacial score (nSPS) is 17.5. The van der Waals surface area contributed by atoms with Crippen LogP contribution in [0.3, 0.4) is 0 Å². The first-order valence-corrected chi connectivity index (χ1v) is 8.89. The first-order chi connectivity index (χ1) is 10.4. The van der Waals surface area contributed by atoms with Crippen LogP contribution in [0.2, 0.25) is 0 Å². The number of carbonyl (C=O) groups is 1. The number of nitrogens with zero attached hydrogens (tertiary/aromatic N) is 1. The molecule has 7 heteroatoms. The van der Waals surface area contributed by atoms with Gasteiger partial charge in [0.1, 0.15) is 0 Å². The van der Waals surface area contributed by atoms with E-state index in [1.807, 2.05) is 0 Å². The summed E-state index contributed by atoms with van der Waals surface area (Å²) in [6.45, 7) is 3.51. The van der Waals surface area contributed by atoms with Gasteiger partial charge in [-0.2, -0.15) is 12.7 Å². The Balaban J connectivity index is 1.87. The molecule has 1 aromatic rings. The highest BCUT2D eigenvalue weighted by atomic mass is 32.2. The third-order valence-electron chi connectivity index (χ3n) is 3.95. The van der Waals surface area contributed by atoms with Crippen molar-refractivity contribution >= 4 is 16.2 Å². The highest BCUT2D eigenvalue weighted by Crippen LogP contribution is 2.17. The van der Waals surface area contributed by atoms with E-state index >= 15 is 0 Å². The van der Waals surface area contributed by atoms with Crippen LogP contribution in [0, 0.1) is 5.92 Å². The van der Waals surface area contributed by atoms with Gasteiger partial charge in [-0.15, -0.1) is 0 Å². The highest BCUT2D eigenvalue weighted by molar-refractivity contribution is 7.87. The molecule has 1 aromatic carbocycles. The maximum Gasteiger partial charge on any atom is 0.335 e. The van der Waals surface area contributed by atoms with Gasteiger partial charge in [-0.25, -0.2) is 9.52 Å². The molecule has 22 heavy (non-hydrogen) atoms. The van der Waals surface area contributed by atoms with E-state index in [0.717, 1.165) is 18.4 Å². The second kappa shape index (κ2) is 7.21. The van der Waals surface area contributed by atoms with E-state index in [9.17, 15) is 13.2 Å². The Hall–Kier alpha value is -1.44. The summed E-state index contributed by atoms with van der Waals surface area (Å²) in [5.41, 5.74) is 1.01. The molecule has 0 aromatic heterocycles. The SMILES string of the molecule is CC1CCN(S(=O)(=O)NCCc2cccc(C(=O)O)c2)CC1. The molecule has 0 spiro atoms. The Morgan fingerprint density at radius 2 is 2.05 bits per heavy atom. The number of hydrogen-bond donors (Lipinski definition) is 2. The molecule has 0 amide bonds. The molecular formula is C15H22N2O4S. The minimum absolute atomic E-state index is 0.213. The van der Waals surface area contributed by atoms with Gasteiger partial charge in [-0.1, -0.05) is 19.1 Å². The molecule has 1 aliphatic rings. The van der Waals surface area contributed by atoms with Gasteiger partial charge in [0.2, 0.25) is 0 Å². The van der Waals surface area contributed by atoms with Gasteiger partial charge in [0, 0.05) is 19.6 Å². The first-order valence-electron chi connectivity index (χ1n) is 7.45. The Labute approximate surface area is 131 Å². The third kappa shape index (κ3) is 4.53. The number of rotatable bonds is 6. The lowest BCUT2D eigenvalue weighted by Crippen LogP contribution is -2.45. The fraction of sp³-hybridized carbons (Fsp3) is 0.533. The van der Waals surface area contributed by atoms with E-state index in [-0.39, 0.29) is 12.1 Å². The van der Waals surface area contributed by atoms with Crippen LogP contribution < -0.4 is 4.72 Å². The number of carboxylic acids is 1. The van der Waals surface area contributed by atoms with Crippen molar-refractivity contribution in [1.29, 1.82) is 0 Å². The van der Waals surface area contributed by atoms with Crippen LogP contribution in [0.4, 0.5) is 0 Å². The molecule has 0 bridgehead atoms. The molecule has 122 valence electrons. The van der Waals surface area contributed by atoms with Gasteiger partial charge in [-0.3, -0.25) is 0 Å². The Morgan fingerprint density at radius 3 is 2.68 bits per heavy atom. The summed E-state index contributed by atoms with van der Waals surface area (Å²) in [4.78, 5) is 10.9. The number of piperidine rings is 1. The largest absolute Gasteiger partial charge is 0.478 e. The minimum atomic E-state index is -3.44. The van der Waals surface area contributed by atoms with Crippen molar-refractivity contribution in [3.05, 3.63) is 35.4 Å². The van der Waals surface area contributed by atoms with Crippen LogP contribution >= 0.6 is 0 Å². The summed E-state index contributed by atoms with van der Waals surface area (Å²) in [5, 5.41) is 8.94. The summed E-state index contributed by atoms with van der Waals surface area (Å²) in [7, 11) is -3.44. The maximum absolute atomic E-state index is 12.2. The fourth-order valence-electron chi connectivity index (χ4n) is 2.50. The maximum atomic E-state index is 12.2. The van der Waals surface area contributed by atoms with E-state index in [2.05, 4.69) is 11.6 Å². The van der Waals surface area contributed by atoms with E-state index < -0.39 is 16.2 Å². The number of carboxylic acid groups (broad SMARTS) is 1. The monoisotopic (exact) mass is 326 g/mol. The van der Waals surface area contributed by atoms with Crippen LogP contribution in [0.1, 0.15) is 35.7 Å². The molecule has 2 rings (SSSR count). The molecule has 1 fully saturated rings. The molecule has 0 unspecified atom stereocenters. The zero-order valence-electron chi connectivity index (χ0n) is 12.7. The number of benzene rings is 1. The molecule has 6 nitrogen and oxygen atoms in total. The van der Waals surface area contributed by atoms with Gasteiger partial charge in [0.05, 0.1) is 5.56 Å². The van der Waals surface area contributed by atoms with Crippen molar-refractivity contribution in [2.45, 2.75) is 26.2 Å². The van der Waals surface area contributed by atoms with Crippen molar-refractivity contribution in [3.63, 3.8) is 0 Å². The molecule has 1 saturated heterocycles. The van der Waals surface area contributed by atoms with Crippen LogP contribution in [0.25, 0.3) is 0 Å². The quantitative estimate of drug-likeness (QED) is 0.829. The minimum Gasteiger partial charge on any atom is -0.478 e. The predicted octanol–water partition coefficient (Wildman–Crippen LogP) is 1.49. The zero-order chi connectivity index (χ0) is 16.2. The van der Waals surface area contributed by atoms with Gasteiger partial charge in [0.25, 0.3) is 10.2 Å². The Bertz CT molecular complexity index is 622. The molecule has 0 saturated carbocycles. The molecule has 0 aliphatic carbocycles.